The van der Waals surface area contributed by atoms with Crippen molar-refractivity contribution >= 4 is 28.4 Å². The second-order valence-corrected chi connectivity index (χ2v) is 17.0. The molecule has 2 N–H and O–H groups in total. The minimum atomic E-state index is -9.94. The highest BCUT2D eigenvalue weighted by Crippen LogP contribution is 3.02. The van der Waals surface area contributed by atoms with Crippen molar-refractivity contribution in [3.63, 3.8) is 0 Å². The number of hydrogen-bond donors (Lipinski definition) is 3. The first-order chi connectivity index (χ1) is 21.6. The minimum absolute atomic E-state index is 0.0402. The number of fused-ring (bicyclic) bond motifs is 1. The molecule has 2 heterocycles. The van der Waals surface area contributed by atoms with Crippen LogP contribution in [0.25, 0.3) is 5.57 Å². The summed E-state index contributed by atoms with van der Waals surface area (Å²) in [6.07, 6.45) is 9.74. The lowest BCUT2D eigenvalue weighted by molar-refractivity contribution is 0.0818. The third kappa shape index (κ3) is 12.0. The Kier molecular flexibility index (Phi) is 13.7. The number of thiol groups is 1. The van der Waals surface area contributed by atoms with E-state index in [9.17, 15) is 29.6 Å². The van der Waals surface area contributed by atoms with Gasteiger partial charge in [0.2, 0.25) is 0 Å². The number of aromatic nitrogens is 1. The topological polar surface area (TPSA) is 62.6 Å². The Labute approximate surface area is 284 Å². The molecule has 2 unspecified atom stereocenters. The number of hydrogen-bond acceptors (Lipinski definition) is 5. The first-order valence-corrected chi connectivity index (χ1v) is 19.3. The molecule has 1 aliphatic heterocycles. The average Bonchev–Trinajstić information content (AvgIpc) is 3.50. The molecule has 0 amide bonds. The highest BCUT2D eigenvalue weighted by atomic mass is 32.5. The summed E-state index contributed by atoms with van der Waals surface area (Å²) >= 11 is 3.53. The van der Waals surface area contributed by atoms with Gasteiger partial charge >= 0.3 is 10.2 Å². The van der Waals surface area contributed by atoms with Crippen molar-refractivity contribution in [3.8, 4) is 0 Å². The second-order valence-electron chi connectivity index (χ2n) is 14.6. The van der Waals surface area contributed by atoms with Crippen LogP contribution in [0.4, 0.5) is 19.4 Å². The van der Waals surface area contributed by atoms with Gasteiger partial charge in [-0.05, 0) is 91.7 Å². The highest BCUT2D eigenvalue weighted by Gasteiger charge is 2.66. The van der Waals surface area contributed by atoms with E-state index in [0.29, 0.717) is 73.3 Å². The average molecular weight is 710 g/mol. The van der Waals surface area contributed by atoms with Gasteiger partial charge in [-0.25, -0.2) is 0 Å². The Balaban J connectivity index is 0.000000863. The highest BCUT2D eigenvalue weighted by molar-refractivity contribution is 8.48. The maximum absolute atomic E-state index is 13.5. The van der Waals surface area contributed by atoms with Crippen molar-refractivity contribution in [2.24, 2.45) is 10.8 Å². The predicted molar refractivity (Wildman–Crippen MR) is 191 cm³/mol. The zero-order valence-corrected chi connectivity index (χ0v) is 30.8. The summed E-state index contributed by atoms with van der Waals surface area (Å²) in [6, 6.07) is 0. The largest absolute Gasteiger partial charge is 0.388 e. The molecule has 1 fully saturated rings. The fraction of sp³-hybridized carbons (Fsp3) is 0.639. The van der Waals surface area contributed by atoms with Gasteiger partial charge < -0.3 is 14.9 Å². The summed E-state index contributed by atoms with van der Waals surface area (Å²) in [7, 11) is -9.94. The van der Waals surface area contributed by atoms with E-state index in [-0.39, 0.29) is 23.8 Å². The molecule has 1 aromatic heterocycles. The van der Waals surface area contributed by atoms with Gasteiger partial charge in [0.1, 0.15) is 4.91 Å². The Bertz CT molecular complexity index is 1330. The number of ether oxygens (including phenoxy) is 1. The lowest BCUT2D eigenvalue weighted by Gasteiger charge is -2.41. The molecule has 0 aromatic carbocycles. The number of allylic oxidation sites excluding steroid dienone is 5. The van der Waals surface area contributed by atoms with Crippen molar-refractivity contribution < 1.29 is 34.4 Å². The zero-order chi connectivity index (χ0) is 35.9. The minimum Gasteiger partial charge on any atom is -0.388 e. The van der Waals surface area contributed by atoms with Gasteiger partial charge in [-0.3, -0.25) is 4.98 Å². The molecule has 1 aromatic rings. The van der Waals surface area contributed by atoms with Crippen LogP contribution in [0.5, 0.6) is 0 Å². The van der Waals surface area contributed by atoms with Gasteiger partial charge in [0.25, 0.3) is 0 Å². The Morgan fingerprint density at radius 3 is 2.26 bits per heavy atom. The predicted octanol–water partition coefficient (Wildman–Crippen LogP) is 11.9. The first-order valence-electron chi connectivity index (χ1n) is 16.4. The van der Waals surface area contributed by atoms with E-state index in [4.69, 9.17) is 9.72 Å². The third-order valence-electron chi connectivity index (χ3n) is 8.84. The molecule has 270 valence electrons. The molecule has 3 aliphatic rings. The van der Waals surface area contributed by atoms with Crippen LogP contribution in [0, 0.1) is 10.8 Å². The summed E-state index contributed by atoms with van der Waals surface area (Å²) in [5.41, 5.74) is 4.69. The van der Waals surface area contributed by atoms with Gasteiger partial charge in [0.15, 0.2) is 0 Å². The number of aliphatic hydroxyl groups is 2. The molecule has 0 spiro atoms. The smallest absolute Gasteiger partial charge is 0.310 e. The Hall–Kier alpha value is -1.66. The maximum atomic E-state index is 13.5. The molecule has 0 saturated carbocycles. The van der Waals surface area contributed by atoms with Crippen LogP contribution in [0.15, 0.2) is 41.9 Å². The van der Waals surface area contributed by atoms with Crippen LogP contribution in [-0.4, -0.2) is 34.7 Å². The van der Waals surface area contributed by atoms with Gasteiger partial charge in [0.05, 0.1) is 17.9 Å². The molecule has 2 atom stereocenters. The van der Waals surface area contributed by atoms with Crippen molar-refractivity contribution in [1.82, 2.24) is 4.98 Å². The molecular weight excluding hydrogens is 654 g/mol. The van der Waals surface area contributed by atoms with Crippen LogP contribution in [-0.2, 0) is 11.2 Å². The number of halogens is 5. The van der Waals surface area contributed by atoms with Crippen LogP contribution >= 0.6 is 22.9 Å². The van der Waals surface area contributed by atoms with E-state index in [0.717, 1.165) is 42.2 Å². The molecule has 0 bridgehead atoms. The lowest BCUT2D eigenvalue weighted by Crippen LogP contribution is -2.30. The quantitative estimate of drug-likeness (QED) is 0.143. The van der Waals surface area contributed by atoms with Crippen LogP contribution in [0.3, 0.4) is 0 Å². The van der Waals surface area contributed by atoms with E-state index in [1.54, 1.807) is 6.26 Å². The van der Waals surface area contributed by atoms with Crippen LogP contribution in [0.1, 0.15) is 139 Å². The third-order valence-corrected chi connectivity index (χ3v) is 10.0. The van der Waals surface area contributed by atoms with Crippen molar-refractivity contribution in [2.75, 3.05) is 19.5 Å². The van der Waals surface area contributed by atoms with E-state index >= 15 is 0 Å². The van der Waals surface area contributed by atoms with E-state index in [1.807, 2.05) is 0 Å². The van der Waals surface area contributed by atoms with Crippen LogP contribution in [0.2, 0.25) is 0 Å². The van der Waals surface area contributed by atoms with Crippen molar-refractivity contribution in [1.29, 1.82) is 0 Å². The molecule has 47 heavy (non-hydrogen) atoms. The summed E-state index contributed by atoms with van der Waals surface area (Å²) in [5, 5.41) is 22.8. The van der Waals surface area contributed by atoms with Gasteiger partial charge in [-0.2, -0.15) is 12.6 Å². The van der Waals surface area contributed by atoms with Crippen molar-refractivity contribution in [2.45, 2.75) is 117 Å². The van der Waals surface area contributed by atoms with E-state index < -0.39 is 27.3 Å². The summed E-state index contributed by atoms with van der Waals surface area (Å²) in [6.45, 7) is 17.2. The fourth-order valence-electron chi connectivity index (χ4n) is 6.05. The van der Waals surface area contributed by atoms with Gasteiger partial charge in [0, 0.05) is 36.0 Å². The molecule has 11 heteroatoms. The normalized spacial score (nSPS) is 22.5. The molecule has 4 nitrogen and oxygen atoms in total. The number of aliphatic hydroxyl groups excluding tert-OH is 2. The molecular formula is C36H56F5NO3S2. The SMILES string of the molecule is C=C/C=C(\C=C/CC(O)c1c(C2CCOCC2)nc2c(c1C1=CCCC1)C(O)CC(C)(C)C2)S(F)(F)(F)(F)F.CCC(C)(C)C.CS. The summed E-state index contributed by atoms with van der Waals surface area (Å²) < 4.78 is 73.0. The Morgan fingerprint density at radius 1 is 1.17 bits per heavy atom. The maximum Gasteiger partial charge on any atom is 0.310 e. The number of pyridine rings is 1. The zero-order valence-electron chi connectivity index (χ0n) is 29.1. The summed E-state index contributed by atoms with van der Waals surface area (Å²) in [5.74, 6) is -0.0402. The van der Waals surface area contributed by atoms with E-state index in [1.165, 1.54) is 6.42 Å². The second kappa shape index (κ2) is 15.5. The molecule has 0 radical (unpaired) electrons. The molecule has 1 saturated heterocycles. The monoisotopic (exact) mass is 709 g/mol. The first kappa shape index (κ1) is 41.5. The molecule has 4 rings (SSSR count). The van der Waals surface area contributed by atoms with Crippen LogP contribution < -0.4 is 0 Å². The summed E-state index contributed by atoms with van der Waals surface area (Å²) in [4.78, 5) is 2.96. The van der Waals surface area contributed by atoms with Gasteiger partial charge in [-0.1, -0.05) is 92.2 Å². The van der Waals surface area contributed by atoms with E-state index in [2.05, 4.69) is 66.8 Å². The van der Waals surface area contributed by atoms with Gasteiger partial charge in [-0.15, -0.1) is 0 Å². The standard InChI is InChI=1S/C29H38F5NO3S.C6H14.CH4S/c1-4-8-21(39(30,31,32,33)34)11-7-12-23(36)27-25(19-9-5-6-10-19)26-22(17-29(2,3)18-24(26)37)35-28(27)20-13-15-38-16-14-20;1-5-6(2,3)4;1-2/h4,7-9,11,20,23-24,36-37H,1,5-6,10,12-18H2,2-3H3;5H2,1-4H3;2H,1H3/b11-7-,21-8+;;. The number of nitrogens with zero attached hydrogens (tertiary/aromatic N) is 1. The lowest BCUT2D eigenvalue weighted by atomic mass is 9.71. The fourth-order valence-corrected chi connectivity index (χ4v) is 6.76. The molecule has 2 aliphatic carbocycles. The van der Waals surface area contributed by atoms with Crippen molar-refractivity contribution in [3.05, 3.63) is 69.9 Å². The number of rotatable bonds is 8. The Morgan fingerprint density at radius 2 is 1.77 bits per heavy atom.